The van der Waals surface area contributed by atoms with Crippen LogP contribution in [0, 0.1) is 162 Å². The number of benzene rings is 10. The molecule has 0 saturated carbocycles. The van der Waals surface area contributed by atoms with Crippen LogP contribution < -0.4 is 0 Å². The smallest absolute Gasteiger partial charge is 0.0973 e. The van der Waals surface area contributed by atoms with Gasteiger partial charge in [-0.1, -0.05) is 187 Å². The molecule has 17 aromatic rings. The molecule has 0 fully saturated rings. The average molecular weight is 1760 g/mol. The van der Waals surface area contributed by atoms with Crippen LogP contribution in [0.1, 0.15) is 156 Å². The maximum atomic E-state index is 5.83. The molecule has 0 radical (unpaired) electrons. The van der Waals surface area contributed by atoms with Gasteiger partial charge in [0.2, 0.25) is 0 Å². The number of hydrogen-bond acceptors (Lipinski definition) is 6. The lowest BCUT2D eigenvalue weighted by molar-refractivity contribution is 1.20. The number of rotatable bonds is 8. The molecule has 0 saturated heterocycles. The molecule has 8 bridgehead atoms. The summed E-state index contributed by atoms with van der Waals surface area (Å²) in [4.78, 5) is 42.1. The Morgan fingerprint density at radius 1 is 0.230 bits per heavy atom. The molecule has 19 rings (SSSR count). The van der Waals surface area contributed by atoms with Gasteiger partial charge in [0.05, 0.1) is 78.7 Å². The minimum atomic E-state index is 0.797. The topological polar surface area (TPSA) is 109 Å². The molecule has 614 valence electrons. The predicted octanol–water partition coefficient (Wildman–Crippen LogP) is 30.7. The second-order valence-corrected chi connectivity index (χ2v) is 36.8. The van der Waals surface area contributed by atoms with Crippen LogP contribution >= 0.6 is 31.9 Å². The number of aryl methyl sites for hydroxylation is 12. The van der Waals surface area contributed by atoms with Crippen LogP contribution in [0.3, 0.4) is 0 Å². The molecule has 10 heteroatoms. The van der Waals surface area contributed by atoms with E-state index in [0.29, 0.717) is 0 Å². The average Bonchev–Trinajstić information content (AvgIpc) is 1.26. The summed E-state index contributed by atoms with van der Waals surface area (Å²) in [6, 6.07) is 66.0. The summed E-state index contributed by atoms with van der Waals surface area (Å²) >= 11 is 7.94. The first-order valence-corrected chi connectivity index (χ1v) is 44.8. The quantitative estimate of drug-likeness (QED) is 0.116. The van der Waals surface area contributed by atoms with Crippen molar-refractivity contribution >= 4 is 122 Å². The number of nitrogens with zero attached hydrogens (tertiary/aromatic N) is 6. The molecule has 0 amide bonds. The van der Waals surface area contributed by atoms with E-state index in [-0.39, 0.29) is 0 Å². The zero-order valence-corrected chi connectivity index (χ0v) is 78.2. The van der Waals surface area contributed by atoms with Gasteiger partial charge < -0.3 is 9.97 Å². The highest BCUT2D eigenvalue weighted by Gasteiger charge is 2.27. The third-order valence-corrected chi connectivity index (χ3v) is 28.7. The number of pyridine rings is 4. The summed E-state index contributed by atoms with van der Waals surface area (Å²) in [6.45, 7) is 43.8. The fourth-order valence-electron chi connectivity index (χ4n) is 20.1. The van der Waals surface area contributed by atoms with Crippen LogP contribution in [0.15, 0.2) is 191 Å². The van der Waals surface area contributed by atoms with Crippen molar-refractivity contribution in [2.24, 2.45) is 0 Å². The zero-order valence-electron chi connectivity index (χ0n) is 75.1. The maximum Gasteiger partial charge on any atom is 0.0973 e. The Morgan fingerprint density at radius 2 is 0.500 bits per heavy atom. The van der Waals surface area contributed by atoms with Crippen LogP contribution in [-0.4, -0.2) is 39.9 Å². The molecule has 0 aliphatic carbocycles. The van der Waals surface area contributed by atoms with E-state index in [0.717, 1.165) is 231 Å². The molecule has 0 spiro atoms. The Balaban J connectivity index is 0.794. The van der Waals surface area contributed by atoms with E-state index in [9.17, 15) is 0 Å². The van der Waals surface area contributed by atoms with Gasteiger partial charge in [-0.3, -0.25) is 0 Å². The first-order chi connectivity index (χ1) is 60.5. The summed E-state index contributed by atoms with van der Waals surface area (Å²) in [6.07, 6.45) is 8.75. The van der Waals surface area contributed by atoms with Crippen molar-refractivity contribution in [2.45, 2.75) is 138 Å². The summed E-state index contributed by atoms with van der Waals surface area (Å²) < 4.78 is 2.21. The molecule has 126 heavy (non-hydrogen) atoms. The lowest BCUT2D eigenvalue weighted by atomic mass is 9.89. The maximum absolute atomic E-state index is 5.83. The third kappa shape index (κ3) is 14.3. The second kappa shape index (κ2) is 31.9. The molecule has 9 heterocycles. The first-order valence-electron chi connectivity index (χ1n) is 43.3. The van der Waals surface area contributed by atoms with Gasteiger partial charge in [0.25, 0.3) is 0 Å². The molecule has 2 aliphatic heterocycles. The molecule has 0 unspecified atom stereocenters. The van der Waals surface area contributed by atoms with E-state index in [4.69, 9.17) is 29.9 Å². The summed E-state index contributed by atoms with van der Waals surface area (Å²) in [5.74, 6) is 14.8. The van der Waals surface area contributed by atoms with Gasteiger partial charge in [0, 0.05) is 108 Å². The number of hydrogen-bond donors (Lipinski definition) is 2. The Labute approximate surface area is 754 Å². The second-order valence-electron chi connectivity index (χ2n) is 35.2. The standard InChI is InChI=1S/C116H96Br2N8/c1-59-49-63(5)99(64(6)50-59)89-39-37-83-33-35-87-57-85(111(125-115(87)113(83)123-89)103-71(13)75(17)109(117)76(18)72(103)14)31-25-79-21-27-81(28-22-79)105-91-41-42-92(119-91)106(94-44-46-96(121-94)108(102-69(11)55-62(4)56-70(102)12)98-48-47-97(122-98)107(95-45-43-93(105)120-95)101-67(9)53-61(3)54-68(101)10)82-29-23-80(24-30-82)26-32-86-58-88-36-34-84-38-40-90(100-65(7)51-60(2)52-66(100)8)124-114(84)116(88)126-112(86)104-73(15)77(19)110(118)78(20)74(104)16/h21-24,27-30,33-58,120-121H,1-20H3. The molecule has 10 aromatic carbocycles. The molecular weight excluding hydrogens is 1670 g/mol. The van der Waals surface area contributed by atoms with Gasteiger partial charge in [0.1, 0.15) is 0 Å². The van der Waals surface area contributed by atoms with Crippen LogP contribution in [0.4, 0.5) is 0 Å². The minimum absolute atomic E-state index is 0.797. The highest BCUT2D eigenvalue weighted by molar-refractivity contribution is 9.11. The molecule has 2 N–H and O–H groups in total. The Bertz CT molecular complexity index is 7460. The summed E-state index contributed by atoms with van der Waals surface area (Å²) in [5.41, 5.74) is 53.5. The van der Waals surface area contributed by atoms with Crippen LogP contribution in [0.25, 0.3) is 180 Å². The number of fused-ring (bicyclic) bond motifs is 14. The predicted molar refractivity (Wildman–Crippen MR) is 539 cm³/mol. The van der Waals surface area contributed by atoms with Gasteiger partial charge >= 0.3 is 0 Å². The van der Waals surface area contributed by atoms with Gasteiger partial charge in [-0.2, -0.15) is 0 Å². The van der Waals surface area contributed by atoms with Crippen LogP contribution in [0.5, 0.6) is 0 Å². The number of H-pyrrole nitrogens is 2. The van der Waals surface area contributed by atoms with Crippen molar-refractivity contribution in [1.29, 1.82) is 0 Å². The number of halogens is 2. The van der Waals surface area contributed by atoms with Crippen molar-refractivity contribution < 1.29 is 0 Å². The highest BCUT2D eigenvalue weighted by Crippen LogP contribution is 2.47. The van der Waals surface area contributed by atoms with Crippen molar-refractivity contribution in [3.8, 4) is 113 Å². The lowest BCUT2D eigenvalue weighted by Crippen LogP contribution is -2.02. The van der Waals surface area contributed by atoms with E-state index >= 15 is 0 Å². The van der Waals surface area contributed by atoms with Gasteiger partial charge in [-0.15, -0.1) is 0 Å². The third-order valence-electron chi connectivity index (χ3n) is 26.3. The van der Waals surface area contributed by atoms with E-state index in [1.807, 2.05) is 0 Å². The van der Waals surface area contributed by atoms with Gasteiger partial charge in [-0.05, 0) is 347 Å². The molecule has 2 aliphatic rings. The Hall–Kier alpha value is -13.5. The van der Waals surface area contributed by atoms with Gasteiger partial charge in [0.15, 0.2) is 0 Å². The molecule has 8 nitrogen and oxygen atoms in total. The van der Waals surface area contributed by atoms with Crippen LogP contribution in [-0.2, 0) is 0 Å². The zero-order chi connectivity index (χ0) is 88.0. The number of aromatic nitrogens is 8. The van der Waals surface area contributed by atoms with E-state index < -0.39 is 0 Å². The van der Waals surface area contributed by atoms with E-state index in [2.05, 4.69) is 410 Å². The lowest BCUT2D eigenvalue weighted by Gasteiger charge is -2.19. The van der Waals surface area contributed by atoms with Crippen LogP contribution in [0.2, 0.25) is 0 Å². The van der Waals surface area contributed by atoms with Crippen molar-refractivity contribution in [3.05, 3.63) is 347 Å². The molecule has 7 aromatic heterocycles. The fourth-order valence-corrected chi connectivity index (χ4v) is 21.3. The van der Waals surface area contributed by atoms with Crippen molar-refractivity contribution in [2.75, 3.05) is 0 Å². The Morgan fingerprint density at radius 3 is 0.817 bits per heavy atom. The summed E-state index contributed by atoms with van der Waals surface area (Å²) in [7, 11) is 0. The van der Waals surface area contributed by atoms with E-state index in [1.54, 1.807) is 0 Å². The molecule has 0 atom stereocenters. The molecular formula is C116H96Br2N8. The monoisotopic (exact) mass is 1760 g/mol. The Kier molecular flexibility index (Phi) is 20.8. The SMILES string of the molecule is Cc1cc(C)c(-c2ccc3ccc4cc(C#Cc5ccc(-c6c7nc(c(-c8ccc(C#Cc9cc%10ccc%11ccc(-c%12c(C)cc(C)cc%12C)nc%11c%10nc9-c9c(C)c(C)c(Br)c(C)c9C)cc8)c8ccc([nH]8)c(-c8c(C)cc(C)cc8C)c8nc(c(-c9c(C)cc(C)cc9C)c9ccc6[nH]9)C=C8)C=C7)cc5)c(-c5c(C)c(C)c(Br)c(C)c5C)nc4c3n2)c(C)c1. The van der Waals surface area contributed by atoms with Gasteiger partial charge in [-0.25, -0.2) is 29.9 Å². The number of aromatic amines is 2. The van der Waals surface area contributed by atoms with Crippen molar-refractivity contribution in [1.82, 2.24) is 39.9 Å². The minimum Gasteiger partial charge on any atom is -0.354 e. The van der Waals surface area contributed by atoms with Crippen molar-refractivity contribution in [3.63, 3.8) is 0 Å². The highest BCUT2D eigenvalue weighted by atomic mass is 79.9. The van der Waals surface area contributed by atoms with E-state index in [1.165, 1.54) is 89.0 Å². The first kappa shape index (κ1) is 82.1. The number of nitrogens with one attached hydrogen (secondary N) is 2. The normalized spacial score (nSPS) is 11.9. The fraction of sp³-hybridized carbons (Fsp3) is 0.172. The summed E-state index contributed by atoms with van der Waals surface area (Å²) in [5, 5.41) is 4.00. The largest absolute Gasteiger partial charge is 0.354 e.